The average Bonchev–Trinajstić information content (AvgIpc) is 2.51. The zero-order chi connectivity index (χ0) is 16.8. The maximum atomic E-state index is 2.45. The van der Waals surface area contributed by atoms with Gasteiger partial charge in [-0.25, -0.2) is 0 Å². The van der Waals surface area contributed by atoms with E-state index in [1.54, 1.807) is 5.57 Å². The van der Waals surface area contributed by atoms with Gasteiger partial charge in [-0.3, -0.25) is 0 Å². The minimum absolute atomic E-state index is 0.621. The highest BCUT2D eigenvalue weighted by Gasteiger charge is 2.10. The Hall–Kier alpha value is -1.04. The van der Waals surface area contributed by atoms with Crippen LogP contribution in [0.15, 0.2) is 47.6 Å². The predicted octanol–water partition coefficient (Wildman–Crippen LogP) is 7.64. The highest BCUT2D eigenvalue weighted by atomic mass is 14.1. The van der Waals surface area contributed by atoms with Crippen LogP contribution in [0.3, 0.4) is 0 Å². The molecule has 22 heavy (non-hydrogen) atoms. The van der Waals surface area contributed by atoms with Gasteiger partial charge in [0.1, 0.15) is 0 Å². The Balaban J connectivity index is 4.79. The molecule has 0 saturated carbocycles. The van der Waals surface area contributed by atoms with Crippen LogP contribution in [-0.4, -0.2) is 0 Å². The standard InChI is InChI=1S/C22H38/c1-7-10-12-13-17-22(20(6)19(4)5)18-14-16-21(9-3)15-11-8-2/h10,12-13,15,17-20H,7-9,11,14,16H2,1-6H3. The first-order valence-corrected chi connectivity index (χ1v) is 9.27. The van der Waals surface area contributed by atoms with Crippen LogP contribution < -0.4 is 0 Å². The van der Waals surface area contributed by atoms with E-state index in [1.165, 1.54) is 31.3 Å². The minimum Gasteiger partial charge on any atom is -0.0853 e. The third kappa shape index (κ3) is 9.82. The van der Waals surface area contributed by atoms with E-state index in [-0.39, 0.29) is 0 Å². The Morgan fingerprint density at radius 1 is 0.909 bits per heavy atom. The number of hydrogen-bond donors (Lipinski definition) is 0. The molecule has 0 aromatic carbocycles. The molecule has 1 unspecified atom stereocenters. The first-order chi connectivity index (χ1) is 10.6. The van der Waals surface area contributed by atoms with Crippen molar-refractivity contribution < 1.29 is 0 Å². The van der Waals surface area contributed by atoms with Crippen LogP contribution in [0, 0.1) is 11.8 Å². The lowest BCUT2D eigenvalue weighted by atomic mass is 9.88. The molecule has 126 valence electrons. The summed E-state index contributed by atoms with van der Waals surface area (Å²) in [5.74, 6) is 1.31. The molecule has 0 saturated heterocycles. The molecular weight excluding hydrogens is 264 g/mol. The summed E-state index contributed by atoms with van der Waals surface area (Å²) >= 11 is 0. The fourth-order valence-corrected chi connectivity index (χ4v) is 2.37. The van der Waals surface area contributed by atoms with Crippen LogP contribution in [-0.2, 0) is 0 Å². The van der Waals surface area contributed by atoms with Crippen molar-refractivity contribution in [3.63, 3.8) is 0 Å². The Morgan fingerprint density at radius 3 is 2.18 bits per heavy atom. The molecule has 0 amide bonds. The number of unbranched alkanes of at least 4 members (excludes halogenated alkanes) is 1. The summed E-state index contributed by atoms with van der Waals surface area (Å²) in [6.07, 6.45) is 20.9. The fraction of sp³-hybridized carbons (Fsp3) is 0.636. The second kappa shape index (κ2) is 13.6. The van der Waals surface area contributed by atoms with Crippen LogP contribution in [0.4, 0.5) is 0 Å². The molecule has 0 N–H and O–H groups in total. The number of rotatable bonds is 11. The second-order valence-corrected chi connectivity index (χ2v) is 6.48. The van der Waals surface area contributed by atoms with E-state index < -0.39 is 0 Å². The lowest BCUT2D eigenvalue weighted by Gasteiger charge is -2.17. The third-order valence-electron chi connectivity index (χ3n) is 4.32. The van der Waals surface area contributed by atoms with Crippen molar-refractivity contribution in [2.45, 2.75) is 80.1 Å². The summed E-state index contributed by atoms with van der Waals surface area (Å²) in [7, 11) is 0. The third-order valence-corrected chi connectivity index (χ3v) is 4.32. The van der Waals surface area contributed by atoms with Gasteiger partial charge in [-0.15, -0.1) is 0 Å². The van der Waals surface area contributed by atoms with E-state index in [0.29, 0.717) is 11.8 Å². The molecule has 0 aromatic heterocycles. The molecule has 0 spiro atoms. The second-order valence-electron chi connectivity index (χ2n) is 6.48. The van der Waals surface area contributed by atoms with Gasteiger partial charge in [-0.05, 0) is 49.5 Å². The summed E-state index contributed by atoms with van der Waals surface area (Å²) < 4.78 is 0. The van der Waals surface area contributed by atoms with Crippen molar-refractivity contribution in [3.05, 3.63) is 47.6 Å². The van der Waals surface area contributed by atoms with Crippen LogP contribution in [0.25, 0.3) is 0 Å². The number of hydrogen-bond acceptors (Lipinski definition) is 0. The number of allylic oxidation sites excluding steroid dienone is 8. The van der Waals surface area contributed by atoms with Crippen molar-refractivity contribution in [3.8, 4) is 0 Å². The maximum Gasteiger partial charge on any atom is -0.0170 e. The van der Waals surface area contributed by atoms with Gasteiger partial charge in [-0.1, -0.05) is 90.0 Å². The first-order valence-electron chi connectivity index (χ1n) is 9.27. The normalized spacial score (nSPS) is 15.4. The molecular formula is C22H38. The quantitative estimate of drug-likeness (QED) is 0.271. The van der Waals surface area contributed by atoms with Gasteiger partial charge in [0, 0.05) is 0 Å². The average molecular weight is 303 g/mol. The van der Waals surface area contributed by atoms with E-state index >= 15 is 0 Å². The van der Waals surface area contributed by atoms with Crippen molar-refractivity contribution in [2.24, 2.45) is 11.8 Å². The molecule has 1 atom stereocenters. The monoisotopic (exact) mass is 302 g/mol. The molecule has 0 nitrogen and oxygen atoms in total. The molecule has 0 radical (unpaired) electrons. The Labute approximate surface area is 140 Å². The van der Waals surface area contributed by atoms with Gasteiger partial charge in [0.25, 0.3) is 0 Å². The van der Waals surface area contributed by atoms with Crippen molar-refractivity contribution in [1.82, 2.24) is 0 Å². The van der Waals surface area contributed by atoms with Gasteiger partial charge < -0.3 is 0 Å². The van der Waals surface area contributed by atoms with E-state index in [2.05, 4.69) is 78.0 Å². The van der Waals surface area contributed by atoms with Crippen molar-refractivity contribution in [2.75, 3.05) is 0 Å². The molecule has 0 fully saturated rings. The largest absolute Gasteiger partial charge is 0.0853 e. The van der Waals surface area contributed by atoms with Gasteiger partial charge in [0.2, 0.25) is 0 Å². The smallest absolute Gasteiger partial charge is 0.0170 e. The molecule has 0 rings (SSSR count). The first kappa shape index (κ1) is 21.0. The Morgan fingerprint density at radius 2 is 1.64 bits per heavy atom. The summed E-state index contributed by atoms with van der Waals surface area (Å²) in [5, 5.41) is 0. The molecule has 0 bridgehead atoms. The molecule has 0 aromatic rings. The Kier molecular flexibility index (Phi) is 13.0. The zero-order valence-electron chi connectivity index (χ0n) is 15.9. The SMILES string of the molecule is CCC=CC=CC(=CCCC(=CCCC)CC)C(C)C(C)C. The summed E-state index contributed by atoms with van der Waals surface area (Å²) in [6, 6.07) is 0. The van der Waals surface area contributed by atoms with Crippen molar-refractivity contribution >= 4 is 0 Å². The van der Waals surface area contributed by atoms with Gasteiger partial charge in [0.15, 0.2) is 0 Å². The Bertz CT molecular complexity index is 377. The molecule has 0 aliphatic heterocycles. The maximum absolute atomic E-state index is 2.45. The van der Waals surface area contributed by atoms with Crippen LogP contribution in [0.2, 0.25) is 0 Å². The highest BCUT2D eigenvalue weighted by Crippen LogP contribution is 2.23. The van der Waals surface area contributed by atoms with Gasteiger partial charge >= 0.3 is 0 Å². The summed E-state index contributed by atoms with van der Waals surface area (Å²) in [6.45, 7) is 13.7. The summed E-state index contributed by atoms with van der Waals surface area (Å²) in [4.78, 5) is 0. The molecule has 0 aliphatic carbocycles. The molecule has 0 heterocycles. The van der Waals surface area contributed by atoms with Crippen LogP contribution in [0.5, 0.6) is 0 Å². The summed E-state index contributed by atoms with van der Waals surface area (Å²) in [5.41, 5.74) is 3.10. The zero-order valence-corrected chi connectivity index (χ0v) is 15.9. The van der Waals surface area contributed by atoms with E-state index in [9.17, 15) is 0 Å². The van der Waals surface area contributed by atoms with E-state index in [4.69, 9.17) is 0 Å². The van der Waals surface area contributed by atoms with Crippen LogP contribution in [0.1, 0.15) is 80.1 Å². The highest BCUT2D eigenvalue weighted by molar-refractivity contribution is 5.25. The lowest BCUT2D eigenvalue weighted by Crippen LogP contribution is -2.06. The van der Waals surface area contributed by atoms with Crippen LogP contribution >= 0.6 is 0 Å². The van der Waals surface area contributed by atoms with E-state index in [0.717, 1.165) is 12.8 Å². The van der Waals surface area contributed by atoms with E-state index in [1.807, 2.05) is 0 Å². The molecule has 0 aliphatic rings. The fourth-order valence-electron chi connectivity index (χ4n) is 2.37. The van der Waals surface area contributed by atoms with Gasteiger partial charge in [-0.2, -0.15) is 0 Å². The molecule has 0 heteroatoms. The predicted molar refractivity (Wildman–Crippen MR) is 103 cm³/mol. The van der Waals surface area contributed by atoms with Gasteiger partial charge in [0.05, 0.1) is 0 Å². The minimum atomic E-state index is 0.621. The van der Waals surface area contributed by atoms with Crippen molar-refractivity contribution in [1.29, 1.82) is 0 Å². The topological polar surface area (TPSA) is 0 Å². The lowest BCUT2D eigenvalue weighted by molar-refractivity contribution is 0.486.